The van der Waals surface area contributed by atoms with Crippen molar-refractivity contribution in [2.45, 2.75) is 346 Å². The third kappa shape index (κ3) is 68.2. The van der Waals surface area contributed by atoms with Gasteiger partial charge in [0.05, 0.1) is 181 Å². The van der Waals surface area contributed by atoms with Crippen molar-refractivity contribution >= 4 is 37.3 Å². The van der Waals surface area contributed by atoms with Gasteiger partial charge in [0, 0.05) is 6.61 Å². The Labute approximate surface area is 506 Å². The molecule has 0 aromatic heterocycles. The molecule has 0 saturated carbocycles. The summed E-state index contributed by atoms with van der Waals surface area (Å²) in [5.74, 6) is -0.190. The number of nitrogens with one attached hydrogen (secondary N) is 1. The van der Waals surface area contributed by atoms with Crippen molar-refractivity contribution in [1.82, 2.24) is 5.32 Å². The van der Waals surface area contributed by atoms with Crippen LogP contribution in [-0.2, 0) is 66.4 Å². The van der Waals surface area contributed by atoms with Crippen LogP contribution in [-0.4, -0.2) is 206 Å². The van der Waals surface area contributed by atoms with Crippen LogP contribution in [0.25, 0.3) is 0 Å². The van der Waals surface area contributed by atoms with Crippen molar-refractivity contribution < 1.29 is 66.4 Å². The van der Waals surface area contributed by atoms with Crippen molar-refractivity contribution in [3.8, 4) is 0 Å². The SMILES string of the molecule is CC(C)OC1COC[C@H]1OC(C)C.CCCC(CCOC(C)C)OC(C)C.[B]CC(=O)NC(COC(C)C)COC(C)C.[B]CC(C)(COC(C)C)OC(C)C.[B]CC(COC(C)C)OC(C)C.[B]CCC(COC(C)C)OC(C)C. The Morgan fingerprint density at radius 1 is 0.481 bits per heavy atom. The Kier molecular flexibility index (Phi) is 62.6. The summed E-state index contributed by atoms with van der Waals surface area (Å²) in [6.07, 6.45) is 9.40. The van der Waals surface area contributed by atoms with Crippen LogP contribution in [0.2, 0.25) is 25.3 Å². The van der Waals surface area contributed by atoms with E-state index in [9.17, 15) is 4.79 Å². The molecule has 1 rings (SSSR count). The third-order valence-electron chi connectivity index (χ3n) is 10.2. The fraction of sp³-hybridized carbons (Fsp3) is 0.984. The van der Waals surface area contributed by atoms with Gasteiger partial charge >= 0.3 is 0 Å². The highest BCUT2D eigenvalue weighted by molar-refractivity contribution is 6.19. The minimum absolute atomic E-state index is 0.0140. The van der Waals surface area contributed by atoms with Crippen molar-refractivity contribution in [3.05, 3.63) is 0 Å². The quantitative estimate of drug-likeness (QED) is 0.0582. The molecule has 0 aliphatic carbocycles. The lowest BCUT2D eigenvalue weighted by atomic mass is 9.88. The summed E-state index contributed by atoms with van der Waals surface area (Å²) in [5, 5.41) is 2.76. The smallest absolute Gasteiger partial charge is 0.211 e. The molecular weight excluding hydrogens is 1030 g/mol. The first-order chi connectivity index (χ1) is 37.6. The molecule has 6 atom stereocenters. The zero-order valence-corrected chi connectivity index (χ0v) is 57.2. The van der Waals surface area contributed by atoms with Gasteiger partial charge in [-0.15, -0.1) is 0 Å². The maximum absolute atomic E-state index is 11.2. The Morgan fingerprint density at radius 2 is 0.877 bits per heavy atom. The predicted molar refractivity (Wildman–Crippen MR) is 340 cm³/mol. The van der Waals surface area contributed by atoms with Gasteiger partial charge in [0.25, 0.3) is 0 Å². The maximum atomic E-state index is 11.2. The fourth-order valence-electron chi connectivity index (χ4n) is 6.89. The van der Waals surface area contributed by atoms with E-state index in [0.29, 0.717) is 83.5 Å². The number of carbonyl (C=O) groups excluding carboxylic acids is 1. The lowest BCUT2D eigenvalue weighted by Crippen LogP contribution is -2.42. The monoisotopic (exact) mass is 1160 g/mol. The minimum Gasteiger partial charge on any atom is -0.379 e. The molecule has 19 heteroatoms. The average molecular weight is 1160 g/mol. The third-order valence-corrected chi connectivity index (χ3v) is 10.2. The standard InChI is InChI=1S/C12H26O2.C11H22BNO3.2C10H21BO2.C10H20O3.C9H19BO2/c1-6-7-12(14-11(4)5)8-9-13-10(2)3;1-8(2)15-6-10(7-16-9(3)4)13-11(14)5-12;1-8(2)12-7-10(5,6-11)13-9(3)4;1-8(2)12-7-10(5-6-11)13-9(3)4;1-7(2)12-9-5-11-6-10(9)13-8(3)4;1-7(2)11-6-9(5-10)12-8(3)4/h10-12H,6-9H2,1-5H3;8-10H,5-7H2,1-4H3,(H,13,14);8-9H,6-7H2,1-5H3;8-10H,5-7H2,1-4H3;7-10H,5-6H2,1-4H3;7-9H,5-6H2,1-4H3/t;;;;9-,10?;/m....1./s1. The molecule has 1 fully saturated rings. The van der Waals surface area contributed by atoms with E-state index < -0.39 is 0 Å². The van der Waals surface area contributed by atoms with Crippen LogP contribution in [0.3, 0.4) is 0 Å². The normalized spacial score (nSPS) is 16.3. The molecule has 1 saturated heterocycles. The predicted octanol–water partition coefficient (Wildman–Crippen LogP) is 12.1. The zero-order valence-electron chi connectivity index (χ0n) is 57.2. The van der Waals surface area contributed by atoms with Gasteiger partial charge in [0.1, 0.15) is 12.2 Å². The van der Waals surface area contributed by atoms with E-state index in [1.807, 2.05) is 145 Å². The molecule has 0 spiro atoms. The number of amides is 1. The van der Waals surface area contributed by atoms with Crippen molar-refractivity contribution in [2.75, 3.05) is 52.9 Å². The molecule has 478 valence electrons. The number of rotatable bonds is 39. The van der Waals surface area contributed by atoms with Crippen molar-refractivity contribution in [3.63, 3.8) is 0 Å². The second-order valence-electron chi connectivity index (χ2n) is 23.9. The van der Waals surface area contributed by atoms with E-state index in [1.54, 1.807) is 0 Å². The molecule has 1 heterocycles. The summed E-state index contributed by atoms with van der Waals surface area (Å²) < 4.78 is 72.1. The topological polar surface area (TPSA) is 149 Å². The second kappa shape index (κ2) is 57.0. The highest BCUT2D eigenvalue weighted by atomic mass is 16.6. The van der Waals surface area contributed by atoms with E-state index in [1.165, 1.54) is 6.42 Å². The Morgan fingerprint density at radius 3 is 1.21 bits per heavy atom. The van der Waals surface area contributed by atoms with Crippen LogP contribution >= 0.6 is 0 Å². The molecule has 15 nitrogen and oxygen atoms in total. The molecule has 5 unspecified atom stereocenters. The Hall–Kier alpha value is -0.790. The molecule has 1 N–H and O–H groups in total. The fourth-order valence-corrected chi connectivity index (χ4v) is 6.89. The first kappa shape index (κ1) is 89.0. The van der Waals surface area contributed by atoms with Crippen LogP contribution in [0.4, 0.5) is 0 Å². The van der Waals surface area contributed by atoms with Gasteiger partial charge in [-0.2, -0.15) is 0 Å². The highest BCUT2D eigenvalue weighted by Crippen LogP contribution is 2.19. The summed E-state index contributed by atoms with van der Waals surface area (Å²) in [6, 6.07) is -0.138. The summed E-state index contributed by atoms with van der Waals surface area (Å²) in [7, 11) is 21.9. The van der Waals surface area contributed by atoms with Crippen LogP contribution < -0.4 is 5.32 Å². The van der Waals surface area contributed by atoms with Gasteiger partial charge in [0.15, 0.2) is 0 Å². The second-order valence-corrected chi connectivity index (χ2v) is 23.9. The average Bonchev–Trinajstić information content (AvgIpc) is 3.76. The van der Waals surface area contributed by atoms with Crippen molar-refractivity contribution in [2.24, 2.45) is 0 Å². The molecule has 81 heavy (non-hydrogen) atoms. The van der Waals surface area contributed by atoms with E-state index in [2.05, 4.69) is 39.9 Å². The molecule has 8 radical (unpaired) electrons. The van der Waals surface area contributed by atoms with Crippen LogP contribution in [0.1, 0.15) is 206 Å². The minimum atomic E-state index is -0.349. The lowest BCUT2D eigenvalue weighted by Gasteiger charge is -2.31. The largest absolute Gasteiger partial charge is 0.379 e. The maximum Gasteiger partial charge on any atom is 0.211 e. The zero-order chi connectivity index (χ0) is 63.7. The Bertz CT molecular complexity index is 1290. The van der Waals surface area contributed by atoms with E-state index in [-0.39, 0.29) is 109 Å². The van der Waals surface area contributed by atoms with Gasteiger partial charge in [-0.1, -0.05) is 32.3 Å². The van der Waals surface area contributed by atoms with Gasteiger partial charge in [-0.05, 0) is 199 Å². The summed E-state index contributed by atoms with van der Waals surface area (Å²) in [4.78, 5) is 11.2. The molecule has 1 aliphatic heterocycles. The number of carbonyl (C=O) groups is 1. The highest BCUT2D eigenvalue weighted by Gasteiger charge is 2.31. The Balaban J connectivity index is -0.000000286. The van der Waals surface area contributed by atoms with Gasteiger partial charge in [-0.3, -0.25) is 4.79 Å². The molecule has 0 aromatic rings. The van der Waals surface area contributed by atoms with Crippen LogP contribution in [0, 0.1) is 0 Å². The van der Waals surface area contributed by atoms with E-state index in [4.69, 9.17) is 93.0 Å². The molecule has 1 amide bonds. The summed E-state index contributed by atoms with van der Waals surface area (Å²) in [6.45, 7) is 57.3. The first-order valence-electron chi connectivity index (χ1n) is 30.9. The number of hydrogen-bond acceptors (Lipinski definition) is 14. The molecule has 0 bridgehead atoms. The molecular formula is C62H129B4NO14. The molecule has 0 aromatic carbocycles. The van der Waals surface area contributed by atoms with Gasteiger partial charge in [-0.25, -0.2) is 0 Å². The first-order valence-corrected chi connectivity index (χ1v) is 30.9. The summed E-state index contributed by atoms with van der Waals surface area (Å²) >= 11 is 0. The lowest BCUT2D eigenvalue weighted by molar-refractivity contribution is -0.121. The van der Waals surface area contributed by atoms with E-state index in [0.717, 1.165) is 25.9 Å². The number of hydrogen-bond donors (Lipinski definition) is 1. The van der Waals surface area contributed by atoms with Crippen molar-refractivity contribution in [1.29, 1.82) is 0 Å². The van der Waals surface area contributed by atoms with Crippen LogP contribution in [0.5, 0.6) is 0 Å². The molecule has 1 aliphatic rings. The van der Waals surface area contributed by atoms with Gasteiger partial charge < -0.3 is 66.9 Å². The number of ether oxygens (including phenoxy) is 13. The van der Waals surface area contributed by atoms with Crippen LogP contribution in [0.15, 0.2) is 0 Å². The van der Waals surface area contributed by atoms with E-state index >= 15 is 0 Å². The van der Waals surface area contributed by atoms with Gasteiger partial charge in [0.2, 0.25) is 5.91 Å². The summed E-state index contributed by atoms with van der Waals surface area (Å²) in [5.41, 5.74) is -0.349.